The van der Waals surface area contributed by atoms with Gasteiger partial charge in [-0.2, -0.15) is 4.39 Å². The maximum absolute atomic E-state index is 12.6. The molecule has 1 atom stereocenters. The van der Waals surface area contributed by atoms with Crippen LogP contribution < -0.4 is 5.32 Å². The van der Waals surface area contributed by atoms with Gasteiger partial charge in [-0.1, -0.05) is 20.8 Å². The number of aromatic nitrogens is 1. The van der Waals surface area contributed by atoms with Crippen molar-refractivity contribution < 1.29 is 14.3 Å². The van der Waals surface area contributed by atoms with Crippen molar-refractivity contribution in [3.05, 3.63) is 29.8 Å². The molecule has 0 saturated carbocycles. The summed E-state index contributed by atoms with van der Waals surface area (Å²) < 4.78 is 12.6. The van der Waals surface area contributed by atoms with E-state index in [2.05, 4.69) is 10.3 Å². The third kappa shape index (κ3) is 5.23. The van der Waals surface area contributed by atoms with Crippen LogP contribution in [0, 0.1) is 11.4 Å². The van der Waals surface area contributed by atoms with E-state index in [4.69, 9.17) is 0 Å². The summed E-state index contributed by atoms with van der Waals surface area (Å²) in [6.45, 7) is 6.22. The Morgan fingerprint density at radius 2 is 2.17 bits per heavy atom. The van der Waals surface area contributed by atoms with Crippen molar-refractivity contribution >= 4 is 5.91 Å². The van der Waals surface area contributed by atoms with Gasteiger partial charge in [0.25, 0.3) is 5.91 Å². The first-order valence-corrected chi connectivity index (χ1v) is 5.86. The Kier molecular flexibility index (Phi) is 4.78. The first-order valence-electron chi connectivity index (χ1n) is 5.86. The predicted octanol–water partition coefficient (Wildman–Crippen LogP) is 1.75. The number of carbonyl (C=O) groups is 1. The van der Waals surface area contributed by atoms with E-state index in [9.17, 15) is 14.3 Å². The molecule has 0 bridgehead atoms. The second-order valence-corrected chi connectivity index (χ2v) is 5.50. The molecule has 2 N–H and O–H groups in total. The molecule has 5 heteroatoms. The Morgan fingerprint density at radius 1 is 1.50 bits per heavy atom. The Labute approximate surface area is 106 Å². The van der Waals surface area contributed by atoms with Crippen molar-refractivity contribution in [2.75, 3.05) is 6.54 Å². The van der Waals surface area contributed by atoms with Crippen molar-refractivity contribution in [3.8, 4) is 0 Å². The van der Waals surface area contributed by atoms with Gasteiger partial charge in [-0.15, -0.1) is 0 Å². The second-order valence-electron chi connectivity index (χ2n) is 5.50. The molecule has 0 aliphatic carbocycles. The molecule has 0 spiro atoms. The van der Waals surface area contributed by atoms with Gasteiger partial charge in [0.05, 0.1) is 11.7 Å². The number of carbonyl (C=O) groups excluding carboxylic acids is 1. The van der Waals surface area contributed by atoms with Crippen molar-refractivity contribution in [1.82, 2.24) is 10.3 Å². The Bertz CT molecular complexity index is 398. The van der Waals surface area contributed by atoms with Crippen molar-refractivity contribution in [1.29, 1.82) is 0 Å². The van der Waals surface area contributed by atoms with E-state index in [0.717, 1.165) is 6.07 Å². The second kappa shape index (κ2) is 5.91. The zero-order chi connectivity index (χ0) is 13.8. The summed E-state index contributed by atoms with van der Waals surface area (Å²) in [4.78, 5) is 15.0. The number of amides is 1. The van der Waals surface area contributed by atoms with Crippen LogP contribution in [0.15, 0.2) is 18.3 Å². The first kappa shape index (κ1) is 14.6. The Balaban J connectivity index is 2.44. The number of pyridine rings is 1. The van der Waals surface area contributed by atoms with Gasteiger partial charge < -0.3 is 10.4 Å². The quantitative estimate of drug-likeness (QED) is 0.805. The van der Waals surface area contributed by atoms with Crippen LogP contribution in [0.3, 0.4) is 0 Å². The van der Waals surface area contributed by atoms with Gasteiger partial charge in [-0.25, -0.2) is 4.98 Å². The molecule has 0 aliphatic rings. The molecule has 1 rings (SSSR count). The molecule has 0 fully saturated rings. The van der Waals surface area contributed by atoms with Crippen molar-refractivity contribution in [2.24, 2.45) is 5.41 Å². The average Bonchev–Trinajstić information content (AvgIpc) is 2.24. The molecule has 1 heterocycles. The van der Waals surface area contributed by atoms with Crippen LogP contribution in [0.25, 0.3) is 0 Å². The fourth-order valence-electron chi connectivity index (χ4n) is 1.60. The van der Waals surface area contributed by atoms with E-state index >= 15 is 0 Å². The highest BCUT2D eigenvalue weighted by atomic mass is 19.1. The summed E-state index contributed by atoms with van der Waals surface area (Å²) in [5, 5.41) is 12.3. The van der Waals surface area contributed by atoms with E-state index in [1.807, 2.05) is 20.8 Å². The molecule has 4 nitrogen and oxygen atoms in total. The Hall–Kier alpha value is -1.49. The number of nitrogens with one attached hydrogen (secondary N) is 1. The number of halogens is 1. The van der Waals surface area contributed by atoms with Crippen LogP contribution in [0.2, 0.25) is 0 Å². The van der Waals surface area contributed by atoms with Crippen LogP contribution in [0.4, 0.5) is 4.39 Å². The zero-order valence-corrected chi connectivity index (χ0v) is 10.9. The van der Waals surface area contributed by atoms with E-state index in [-0.39, 0.29) is 23.4 Å². The molecule has 0 aromatic carbocycles. The van der Waals surface area contributed by atoms with E-state index in [1.165, 1.54) is 12.3 Å². The molecule has 0 aliphatic heterocycles. The van der Waals surface area contributed by atoms with Crippen LogP contribution in [0.1, 0.15) is 37.6 Å². The summed E-state index contributed by atoms with van der Waals surface area (Å²) in [6.07, 6.45) is 1.16. The lowest BCUT2D eigenvalue weighted by molar-refractivity contribution is 0.0868. The smallest absolute Gasteiger partial charge is 0.252 e. The number of hydrogen-bond acceptors (Lipinski definition) is 3. The van der Waals surface area contributed by atoms with Gasteiger partial charge in [-0.3, -0.25) is 4.79 Å². The predicted molar refractivity (Wildman–Crippen MR) is 66.6 cm³/mol. The first-order chi connectivity index (χ1) is 8.28. The van der Waals surface area contributed by atoms with Crippen LogP contribution in [-0.2, 0) is 0 Å². The minimum Gasteiger partial charge on any atom is -0.391 e. The molecule has 1 aromatic heterocycles. The number of hydrogen-bond donors (Lipinski definition) is 2. The molecule has 1 amide bonds. The SMILES string of the molecule is CC(C)(C)CC(O)CNC(=O)c1ccc(F)nc1. The third-order valence-corrected chi connectivity index (χ3v) is 2.34. The van der Waals surface area contributed by atoms with Gasteiger partial charge in [0, 0.05) is 12.7 Å². The summed E-state index contributed by atoms with van der Waals surface area (Å²) in [5.41, 5.74) is 0.279. The van der Waals surface area contributed by atoms with Gasteiger partial charge in [0.15, 0.2) is 0 Å². The summed E-state index contributed by atoms with van der Waals surface area (Å²) >= 11 is 0. The summed E-state index contributed by atoms with van der Waals surface area (Å²) in [5.74, 6) is -0.991. The highest BCUT2D eigenvalue weighted by Gasteiger charge is 2.17. The maximum atomic E-state index is 12.6. The number of aliphatic hydroxyl groups is 1. The molecule has 1 aromatic rings. The van der Waals surface area contributed by atoms with Crippen molar-refractivity contribution in [3.63, 3.8) is 0 Å². The Morgan fingerprint density at radius 3 is 2.67 bits per heavy atom. The van der Waals surface area contributed by atoms with Gasteiger partial charge >= 0.3 is 0 Å². The third-order valence-electron chi connectivity index (χ3n) is 2.34. The topological polar surface area (TPSA) is 62.2 Å². The van der Waals surface area contributed by atoms with Gasteiger partial charge in [0.1, 0.15) is 0 Å². The number of nitrogens with zero attached hydrogens (tertiary/aromatic N) is 1. The monoisotopic (exact) mass is 254 g/mol. The minimum atomic E-state index is -0.626. The largest absolute Gasteiger partial charge is 0.391 e. The lowest BCUT2D eigenvalue weighted by Gasteiger charge is -2.22. The molecular formula is C13H19FN2O2. The molecule has 0 saturated heterocycles. The standard InChI is InChI=1S/C13H19FN2O2/c1-13(2,3)6-10(17)8-16-12(18)9-4-5-11(14)15-7-9/h4-5,7,10,17H,6,8H2,1-3H3,(H,16,18). The number of aliphatic hydroxyl groups excluding tert-OH is 1. The molecular weight excluding hydrogens is 235 g/mol. The lowest BCUT2D eigenvalue weighted by atomic mass is 9.89. The summed E-state index contributed by atoms with van der Waals surface area (Å²) in [6, 6.07) is 2.48. The fraction of sp³-hybridized carbons (Fsp3) is 0.538. The molecule has 18 heavy (non-hydrogen) atoms. The average molecular weight is 254 g/mol. The van der Waals surface area contributed by atoms with Crippen molar-refractivity contribution in [2.45, 2.75) is 33.3 Å². The van der Waals surface area contributed by atoms with Gasteiger partial charge in [0.2, 0.25) is 5.95 Å². The van der Waals surface area contributed by atoms with Crippen LogP contribution in [-0.4, -0.2) is 28.6 Å². The fourth-order valence-corrected chi connectivity index (χ4v) is 1.60. The molecule has 100 valence electrons. The van der Waals surface area contributed by atoms with Crippen LogP contribution >= 0.6 is 0 Å². The van der Waals surface area contributed by atoms with Crippen LogP contribution in [0.5, 0.6) is 0 Å². The maximum Gasteiger partial charge on any atom is 0.252 e. The zero-order valence-electron chi connectivity index (χ0n) is 10.9. The van der Waals surface area contributed by atoms with E-state index in [0.29, 0.717) is 6.42 Å². The van der Waals surface area contributed by atoms with E-state index in [1.54, 1.807) is 0 Å². The summed E-state index contributed by atoms with van der Waals surface area (Å²) in [7, 11) is 0. The highest BCUT2D eigenvalue weighted by molar-refractivity contribution is 5.93. The normalized spacial score (nSPS) is 13.2. The highest BCUT2D eigenvalue weighted by Crippen LogP contribution is 2.20. The molecule has 1 unspecified atom stereocenters. The minimum absolute atomic E-state index is 0.00156. The molecule has 0 radical (unpaired) electrons. The van der Waals surface area contributed by atoms with E-state index < -0.39 is 12.1 Å². The van der Waals surface area contributed by atoms with Gasteiger partial charge in [-0.05, 0) is 24.0 Å². The lowest BCUT2D eigenvalue weighted by Crippen LogP contribution is -2.34. The number of rotatable bonds is 4.